The van der Waals surface area contributed by atoms with Gasteiger partial charge in [0.1, 0.15) is 5.41 Å². The van der Waals surface area contributed by atoms with Gasteiger partial charge in [-0.15, -0.1) is 0 Å². The highest BCUT2D eigenvalue weighted by molar-refractivity contribution is 6.06. The third-order valence-corrected chi connectivity index (χ3v) is 4.54. The average molecular weight is 297 g/mol. The summed E-state index contributed by atoms with van der Waals surface area (Å²) >= 11 is 0. The second-order valence-corrected chi connectivity index (χ2v) is 6.83. The maximum absolute atomic E-state index is 12.6. The molecule has 122 valence electrons. The quantitative estimate of drug-likeness (QED) is 0.292. The smallest absolute Gasteiger partial charge is 0.234 e. The fourth-order valence-corrected chi connectivity index (χ4v) is 3.12. The molecule has 0 bridgehead atoms. The molecule has 4 N–H and O–H groups in total. The van der Waals surface area contributed by atoms with E-state index >= 15 is 0 Å². The largest absolute Gasteiger partial charge is 0.409 e. The Hall–Kier alpha value is -1.26. The van der Waals surface area contributed by atoms with Crippen LogP contribution in [0.5, 0.6) is 0 Å². The molecular formula is C16H31N3O2. The first-order valence-corrected chi connectivity index (χ1v) is 8.21. The van der Waals surface area contributed by atoms with E-state index in [2.05, 4.69) is 24.3 Å². The lowest BCUT2D eigenvalue weighted by atomic mass is 9.72. The molecule has 0 saturated heterocycles. The van der Waals surface area contributed by atoms with Gasteiger partial charge in [0.05, 0.1) is 0 Å². The lowest BCUT2D eigenvalue weighted by Gasteiger charge is -2.35. The molecule has 1 saturated carbocycles. The van der Waals surface area contributed by atoms with E-state index in [1.165, 1.54) is 6.42 Å². The van der Waals surface area contributed by atoms with E-state index in [0.717, 1.165) is 32.1 Å². The summed E-state index contributed by atoms with van der Waals surface area (Å²) in [6, 6.07) is 0.126. The van der Waals surface area contributed by atoms with Crippen molar-refractivity contribution in [3.8, 4) is 0 Å². The van der Waals surface area contributed by atoms with Gasteiger partial charge in [-0.3, -0.25) is 4.79 Å². The highest BCUT2D eigenvalue weighted by Crippen LogP contribution is 2.37. The van der Waals surface area contributed by atoms with Crippen LogP contribution < -0.4 is 11.1 Å². The van der Waals surface area contributed by atoms with Gasteiger partial charge in [0.15, 0.2) is 5.84 Å². The number of amides is 1. The second-order valence-electron chi connectivity index (χ2n) is 6.83. The van der Waals surface area contributed by atoms with Crippen molar-refractivity contribution in [2.45, 2.75) is 78.2 Å². The molecule has 0 aliphatic heterocycles. The lowest BCUT2D eigenvalue weighted by molar-refractivity contribution is -0.129. The Labute approximate surface area is 128 Å². The number of nitrogens with two attached hydrogens (primary N) is 1. The van der Waals surface area contributed by atoms with Gasteiger partial charge in [0, 0.05) is 6.04 Å². The summed E-state index contributed by atoms with van der Waals surface area (Å²) in [4.78, 5) is 12.6. The van der Waals surface area contributed by atoms with Gasteiger partial charge in [-0.1, -0.05) is 51.1 Å². The van der Waals surface area contributed by atoms with Crippen LogP contribution in [-0.2, 0) is 4.79 Å². The Morgan fingerprint density at radius 1 is 1.24 bits per heavy atom. The molecular weight excluding hydrogens is 266 g/mol. The summed E-state index contributed by atoms with van der Waals surface area (Å²) in [7, 11) is 0. The first-order chi connectivity index (χ1) is 9.92. The molecule has 5 nitrogen and oxygen atoms in total. The fourth-order valence-electron chi connectivity index (χ4n) is 3.12. The first-order valence-electron chi connectivity index (χ1n) is 8.21. The van der Waals surface area contributed by atoms with Gasteiger partial charge in [-0.2, -0.15) is 0 Å². The predicted octanol–water partition coefficient (Wildman–Crippen LogP) is 3.01. The molecule has 0 aromatic carbocycles. The summed E-state index contributed by atoms with van der Waals surface area (Å²) < 4.78 is 0. The van der Waals surface area contributed by atoms with E-state index in [-0.39, 0.29) is 17.8 Å². The van der Waals surface area contributed by atoms with Gasteiger partial charge in [0.25, 0.3) is 0 Å². The zero-order chi connectivity index (χ0) is 15.9. The number of amidine groups is 1. The van der Waals surface area contributed by atoms with Crippen molar-refractivity contribution in [1.29, 1.82) is 0 Å². The van der Waals surface area contributed by atoms with Crippen molar-refractivity contribution in [2.75, 3.05) is 0 Å². The third-order valence-electron chi connectivity index (χ3n) is 4.54. The van der Waals surface area contributed by atoms with Crippen molar-refractivity contribution in [3.63, 3.8) is 0 Å². The van der Waals surface area contributed by atoms with Crippen LogP contribution in [0.3, 0.4) is 0 Å². The second kappa shape index (κ2) is 8.25. The molecule has 0 aromatic heterocycles. The molecule has 21 heavy (non-hydrogen) atoms. The number of nitrogens with one attached hydrogen (secondary N) is 1. The van der Waals surface area contributed by atoms with E-state index in [1.807, 2.05) is 6.92 Å². The third kappa shape index (κ3) is 4.90. The van der Waals surface area contributed by atoms with Gasteiger partial charge in [-0.05, 0) is 32.1 Å². The zero-order valence-corrected chi connectivity index (χ0v) is 13.7. The summed E-state index contributed by atoms with van der Waals surface area (Å²) in [6.07, 6.45) is 7.60. The molecule has 0 spiro atoms. The number of carbonyl (C=O) groups is 1. The van der Waals surface area contributed by atoms with E-state index in [0.29, 0.717) is 18.8 Å². The molecule has 1 aliphatic rings. The van der Waals surface area contributed by atoms with E-state index in [4.69, 9.17) is 10.9 Å². The number of hydrogen-bond donors (Lipinski definition) is 3. The number of nitrogens with zero attached hydrogens (tertiary/aromatic N) is 1. The number of rotatable bonds is 7. The van der Waals surface area contributed by atoms with Crippen LogP contribution in [0.1, 0.15) is 72.1 Å². The maximum Gasteiger partial charge on any atom is 0.234 e. The Bertz CT molecular complexity index is 361. The minimum atomic E-state index is -0.806. The molecule has 1 aliphatic carbocycles. The lowest BCUT2D eigenvalue weighted by Crippen LogP contribution is -2.52. The number of carbonyl (C=O) groups excluding carboxylic acids is 1. The molecule has 1 fully saturated rings. The van der Waals surface area contributed by atoms with Crippen LogP contribution in [0.2, 0.25) is 0 Å². The Balaban J connectivity index is 2.61. The van der Waals surface area contributed by atoms with E-state index < -0.39 is 5.41 Å². The standard InChI is InChI=1S/C16H31N3O2/c1-12(2)8-7-9-13(3)18-15(20)16(14(17)19-21)10-5-4-6-11-16/h12-13,21H,4-11H2,1-3H3,(H2,17,19)(H,18,20). The summed E-state index contributed by atoms with van der Waals surface area (Å²) in [5.74, 6) is 0.679. The topological polar surface area (TPSA) is 87.7 Å². The highest BCUT2D eigenvalue weighted by atomic mass is 16.4. The average Bonchev–Trinajstić information content (AvgIpc) is 2.46. The summed E-state index contributed by atoms with van der Waals surface area (Å²) in [5.41, 5.74) is 5.03. The van der Waals surface area contributed by atoms with Gasteiger partial charge >= 0.3 is 0 Å². The van der Waals surface area contributed by atoms with Crippen LogP contribution in [0, 0.1) is 11.3 Å². The van der Waals surface area contributed by atoms with Crippen molar-refractivity contribution >= 4 is 11.7 Å². The number of hydrogen-bond acceptors (Lipinski definition) is 3. The minimum Gasteiger partial charge on any atom is -0.409 e. The number of oxime groups is 1. The highest BCUT2D eigenvalue weighted by Gasteiger charge is 2.44. The van der Waals surface area contributed by atoms with Gasteiger partial charge in [0.2, 0.25) is 5.91 Å². The molecule has 1 unspecified atom stereocenters. The van der Waals surface area contributed by atoms with Crippen LogP contribution in [0.15, 0.2) is 5.16 Å². The van der Waals surface area contributed by atoms with Crippen molar-refractivity contribution in [2.24, 2.45) is 22.2 Å². The van der Waals surface area contributed by atoms with Gasteiger partial charge < -0.3 is 16.3 Å². The molecule has 1 atom stereocenters. The van der Waals surface area contributed by atoms with Crippen molar-refractivity contribution < 1.29 is 10.0 Å². The Morgan fingerprint density at radius 2 is 1.86 bits per heavy atom. The Morgan fingerprint density at radius 3 is 2.38 bits per heavy atom. The predicted molar refractivity (Wildman–Crippen MR) is 85.2 cm³/mol. The van der Waals surface area contributed by atoms with Crippen LogP contribution in [0.25, 0.3) is 0 Å². The van der Waals surface area contributed by atoms with E-state index in [9.17, 15) is 4.79 Å². The van der Waals surface area contributed by atoms with Crippen LogP contribution in [0.4, 0.5) is 0 Å². The van der Waals surface area contributed by atoms with Gasteiger partial charge in [-0.25, -0.2) is 0 Å². The van der Waals surface area contributed by atoms with E-state index in [1.54, 1.807) is 0 Å². The minimum absolute atomic E-state index is 0.0640. The fraction of sp³-hybridized carbons (Fsp3) is 0.875. The maximum atomic E-state index is 12.6. The molecule has 0 radical (unpaired) electrons. The first kappa shape index (κ1) is 17.8. The zero-order valence-electron chi connectivity index (χ0n) is 13.7. The normalized spacial score (nSPS) is 20.3. The molecule has 0 heterocycles. The van der Waals surface area contributed by atoms with Crippen molar-refractivity contribution in [1.82, 2.24) is 5.32 Å². The molecule has 5 heteroatoms. The summed E-state index contributed by atoms with van der Waals surface area (Å²) in [5, 5.41) is 15.2. The van der Waals surface area contributed by atoms with Crippen LogP contribution in [-0.4, -0.2) is 23.0 Å². The Kier molecular flexibility index (Phi) is 6.99. The molecule has 1 rings (SSSR count). The SMILES string of the molecule is CC(C)CCCC(C)NC(=O)C1(C(N)=NO)CCCCC1. The van der Waals surface area contributed by atoms with Crippen LogP contribution >= 0.6 is 0 Å². The van der Waals surface area contributed by atoms with Crippen molar-refractivity contribution in [3.05, 3.63) is 0 Å². The summed E-state index contributed by atoms with van der Waals surface area (Å²) in [6.45, 7) is 6.44. The molecule has 1 amide bonds. The monoisotopic (exact) mass is 297 g/mol. The molecule has 0 aromatic rings.